The summed E-state index contributed by atoms with van der Waals surface area (Å²) in [7, 11) is 1.72. The zero-order chi connectivity index (χ0) is 14.2. The highest BCUT2D eigenvalue weighted by Crippen LogP contribution is 2.59. The Morgan fingerprint density at radius 3 is 2.70 bits per heavy atom. The van der Waals surface area contributed by atoms with Crippen LogP contribution in [0.4, 0.5) is 0 Å². The first-order valence-electron chi connectivity index (χ1n) is 8.18. The fourth-order valence-corrected chi connectivity index (χ4v) is 3.91. The molecule has 0 aromatic carbocycles. The quantitative estimate of drug-likeness (QED) is 0.804. The molecule has 1 N–H and O–H groups in total. The summed E-state index contributed by atoms with van der Waals surface area (Å²) in [5.41, 5.74) is 0.344. The van der Waals surface area contributed by atoms with E-state index in [0.29, 0.717) is 29.9 Å². The third kappa shape index (κ3) is 2.73. The van der Waals surface area contributed by atoms with Gasteiger partial charge in [0.15, 0.2) is 0 Å². The van der Waals surface area contributed by atoms with Gasteiger partial charge in [-0.2, -0.15) is 0 Å². The summed E-state index contributed by atoms with van der Waals surface area (Å²) in [6, 6.07) is 0.400. The van der Waals surface area contributed by atoms with Crippen LogP contribution in [0.25, 0.3) is 0 Å². The van der Waals surface area contributed by atoms with Crippen LogP contribution in [0.1, 0.15) is 39.0 Å². The van der Waals surface area contributed by atoms with E-state index in [4.69, 9.17) is 4.74 Å². The zero-order valence-corrected chi connectivity index (χ0v) is 12.9. The molecule has 1 amide bonds. The molecule has 0 aromatic rings. The average molecular weight is 280 g/mol. The molecule has 20 heavy (non-hydrogen) atoms. The van der Waals surface area contributed by atoms with Gasteiger partial charge in [-0.05, 0) is 63.5 Å². The van der Waals surface area contributed by atoms with Crippen molar-refractivity contribution in [2.45, 2.75) is 45.1 Å². The molecule has 114 valence electrons. The summed E-state index contributed by atoms with van der Waals surface area (Å²) < 4.78 is 5.21. The standard InChI is InChI=1S/C16H28N2O2/c1-12(13-3-4-13)18(9-10-20-2)15(19)14-11-16(14)5-7-17-8-6-16/h12-14,17H,3-11H2,1-2H3. The molecule has 2 atom stereocenters. The Bertz CT molecular complexity index is 361. The van der Waals surface area contributed by atoms with E-state index >= 15 is 0 Å². The molecule has 3 aliphatic rings. The molecule has 2 saturated carbocycles. The van der Waals surface area contributed by atoms with Crippen LogP contribution in [0, 0.1) is 17.3 Å². The summed E-state index contributed by atoms with van der Waals surface area (Å²) in [6.07, 6.45) is 6.06. The van der Waals surface area contributed by atoms with Gasteiger partial charge in [0.25, 0.3) is 0 Å². The van der Waals surface area contributed by atoms with Crippen molar-refractivity contribution in [2.75, 3.05) is 33.4 Å². The van der Waals surface area contributed by atoms with Crippen LogP contribution in [0.15, 0.2) is 0 Å². The molecule has 1 saturated heterocycles. The van der Waals surface area contributed by atoms with Crippen LogP contribution in [-0.4, -0.2) is 50.2 Å². The molecule has 3 fully saturated rings. The number of nitrogens with one attached hydrogen (secondary N) is 1. The first-order valence-corrected chi connectivity index (χ1v) is 8.18. The molecule has 0 radical (unpaired) electrons. The molecule has 1 spiro atoms. The molecular formula is C16H28N2O2. The van der Waals surface area contributed by atoms with Crippen molar-refractivity contribution in [3.8, 4) is 0 Å². The van der Waals surface area contributed by atoms with Gasteiger partial charge in [-0.1, -0.05) is 0 Å². The summed E-state index contributed by atoms with van der Waals surface area (Å²) in [6.45, 7) is 5.81. The molecule has 2 aliphatic carbocycles. The normalized spacial score (nSPS) is 29.2. The van der Waals surface area contributed by atoms with Gasteiger partial charge >= 0.3 is 0 Å². The summed E-state index contributed by atoms with van der Waals surface area (Å²) in [4.78, 5) is 15.0. The van der Waals surface area contributed by atoms with E-state index in [2.05, 4.69) is 17.1 Å². The Labute approximate surface area is 122 Å². The van der Waals surface area contributed by atoms with Crippen molar-refractivity contribution >= 4 is 5.91 Å². The van der Waals surface area contributed by atoms with Gasteiger partial charge in [-0.3, -0.25) is 4.79 Å². The van der Waals surface area contributed by atoms with Crippen LogP contribution < -0.4 is 5.32 Å². The molecule has 3 rings (SSSR count). The highest BCUT2D eigenvalue weighted by Gasteiger charge is 2.59. The Hall–Kier alpha value is -0.610. The third-order valence-electron chi connectivity index (χ3n) is 5.70. The Morgan fingerprint density at radius 1 is 1.40 bits per heavy atom. The second-order valence-electron chi connectivity index (χ2n) is 6.97. The van der Waals surface area contributed by atoms with Crippen molar-refractivity contribution in [3.05, 3.63) is 0 Å². The summed E-state index contributed by atoms with van der Waals surface area (Å²) >= 11 is 0. The largest absolute Gasteiger partial charge is 0.383 e. The smallest absolute Gasteiger partial charge is 0.226 e. The molecular weight excluding hydrogens is 252 g/mol. The van der Waals surface area contributed by atoms with Crippen molar-refractivity contribution in [1.29, 1.82) is 0 Å². The monoisotopic (exact) mass is 280 g/mol. The minimum atomic E-state index is 0.294. The van der Waals surface area contributed by atoms with Crippen LogP contribution in [0.5, 0.6) is 0 Å². The van der Waals surface area contributed by atoms with E-state index in [9.17, 15) is 4.79 Å². The van der Waals surface area contributed by atoms with Crippen LogP contribution >= 0.6 is 0 Å². The fraction of sp³-hybridized carbons (Fsp3) is 0.938. The van der Waals surface area contributed by atoms with E-state index in [1.807, 2.05) is 0 Å². The van der Waals surface area contributed by atoms with E-state index in [-0.39, 0.29) is 0 Å². The van der Waals surface area contributed by atoms with Gasteiger partial charge in [0.05, 0.1) is 6.61 Å². The highest BCUT2D eigenvalue weighted by molar-refractivity contribution is 5.83. The number of rotatable bonds is 6. The SMILES string of the molecule is COCCN(C(=O)C1CC12CCNCC2)C(C)C1CC1. The number of ether oxygens (including phenoxy) is 1. The molecule has 2 unspecified atom stereocenters. The van der Waals surface area contributed by atoms with Crippen molar-refractivity contribution < 1.29 is 9.53 Å². The van der Waals surface area contributed by atoms with Crippen LogP contribution in [0.3, 0.4) is 0 Å². The second-order valence-corrected chi connectivity index (χ2v) is 6.97. The highest BCUT2D eigenvalue weighted by atomic mass is 16.5. The number of hydrogen-bond donors (Lipinski definition) is 1. The molecule has 4 nitrogen and oxygen atoms in total. The second kappa shape index (κ2) is 5.64. The van der Waals surface area contributed by atoms with Crippen molar-refractivity contribution in [3.63, 3.8) is 0 Å². The lowest BCUT2D eigenvalue weighted by atomic mass is 9.91. The van der Waals surface area contributed by atoms with Gasteiger partial charge in [-0.15, -0.1) is 0 Å². The Morgan fingerprint density at radius 2 is 2.10 bits per heavy atom. The van der Waals surface area contributed by atoms with Gasteiger partial charge in [0.1, 0.15) is 0 Å². The molecule has 0 aromatic heterocycles. The summed E-state index contributed by atoms with van der Waals surface area (Å²) in [5.74, 6) is 1.43. The topological polar surface area (TPSA) is 41.6 Å². The maximum atomic E-state index is 12.9. The minimum absolute atomic E-state index is 0.294. The van der Waals surface area contributed by atoms with Gasteiger partial charge in [0.2, 0.25) is 5.91 Å². The third-order valence-corrected chi connectivity index (χ3v) is 5.70. The zero-order valence-electron chi connectivity index (χ0n) is 12.9. The number of methoxy groups -OCH3 is 1. The average Bonchev–Trinajstić information content (AvgIpc) is 3.35. The van der Waals surface area contributed by atoms with E-state index < -0.39 is 0 Å². The number of nitrogens with zero attached hydrogens (tertiary/aromatic N) is 1. The molecule has 0 bridgehead atoms. The molecule has 4 heteroatoms. The Balaban J connectivity index is 1.63. The van der Waals surface area contributed by atoms with Crippen LogP contribution in [0.2, 0.25) is 0 Å². The maximum Gasteiger partial charge on any atom is 0.226 e. The fourth-order valence-electron chi connectivity index (χ4n) is 3.91. The maximum absolute atomic E-state index is 12.9. The van der Waals surface area contributed by atoms with Gasteiger partial charge < -0.3 is 15.0 Å². The number of carbonyl (C=O) groups is 1. The first-order chi connectivity index (χ1) is 9.68. The predicted molar refractivity (Wildman–Crippen MR) is 78.4 cm³/mol. The Kier molecular flexibility index (Phi) is 4.04. The predicted octanol–water partition coefficient (Wildman–Crippen LogP) is 1.65. The number of carbonyl (C=O) groups excluding carboxylic acids is 1. The van der Waals surface area contributed by atoms with E-state index in [0.717, 1.165) is 32.0 Å². The lowest BCUT2D eigenvalue weighted by Gasteiger charge is -2.31. The minimum Gasteiger partial charge on any atom is -0.383 e. The number of piperidine rings is 1. The van der Waals surface area contributed by atoms with E-state index in [1.54, 1.807) is 7.11 Å². The summed E-state index contributed by atoms with van der Waals surface area (Å²) in [5, 5.41) is 3.41. The lowest BCUT2D eigenvalue weighted by molar-refractivity contribution is -0.136. The number of amides is 1. The van der Waals surface area contributed by atoms with Crippen molar-refractivity contribution in [2.24, 2.45) is 17.3 Å². The van der Waals surface area contributed by atoms with E-state index in [1.165, 1.54) is 25.7 Å². The number of hydrogen-bond acceptors (Lipinski definition) is 3. The van der Waals surface area contributed by atoms with Gasteiger partial charge in [-0.25, -0.2) is 0 Å². The first kappa shape index (κ1) is 14.3. The van der Waals surface area contributed by atoms with Gasteiger partial charge in [0, 0.05) is 25.6 Å². The van der Waals surface area contributed by atoms with Crippen molar-refractivity contribution in [1.82, 2.24) is 10.2 Å². The lowest BCUT2D eigenvalue weighted by Crippen LogP contribution is -2.44. The molecule has 1 aliphatic heterocycles. The van der Waals surface area contributed by atoms with Crippen LogP contribution in [-0.2, 0) is 9.53 Å². The molecule has 1 heterocycles.